The molecule has 31 heavy (non-hydrogen) atoms. The number of nitrogens with one attached hydrogen (secondary N) is 1. The Labute approximate surface area is 181 Å². The summed E-state index contributed by atoms with van der Waals surface area (Å²) in [6, 6.07) is 5.73. The molecule has 0 unspecified atom stereocenters. The highest BCUT2D eigenvalue weighted by molar-refractivity contribution is 6.22. The van der Waals surface area contributed by atoms with E-state index in [1.54, 1.807) is 10.6 Å². The number of fused-ring (bicyclic) bond motifs is 1. The second-order valence-corrected chi connectivity index (χ2v) is 7.53. The summed E-state index contributed by atoms with van der Waals surface area (Å²) >= 11 is 0. The minimum Gasteiger partial charge on any atom is -0.489 e. The third kappa shape index (κ3) is 4.95. The number of allylic oxidation sites excluding steroid dienone is 2. The van der Waals surface area contributed by atoms with E-state index in [1.807, 2.05) is 24.4 Å². The van der Waals surface area contributed by atoms with E-state index in [9.17, 15) is 0 Å². The van der Waals surface area contributed by atoms with Crippen molar-refractivity contribution in [3.05, 3.63) is 48.0 Å². The van der Waals surface area contributed by atoms with Crippen LogP contribution in [0.15, 0.2) is 53.0 Å². The SMILES string of the molecule is N=C1C=C(N)/C(=N/c2c(OCCN3CCCCC3)nn3ccccc23)C=C1OCCO. The van der Waals surface area contributed by atoms with Crippen molar-refractivity contribution in [2.45, 2.75) is 19.3 Å². The summed E-state index contributed by atoms with van der Waals surface area (Å²) in [6.07, 6.45) is 8.72. The molecule has 0 saturated carbocycles. The van der Waals surface area contributed by atoms with Gasteiger partial charge < -0.3 is 20.3 Å². The molecule has 0 aromatic carbocycles. The second-order valence-electron chi connectivity index (χ2n) is 7.53. The van der Waals surface area contributed by atoms with Gasteiger partial charge in [-0.25, -0.2) is 9.51 Å². The van der Waals surface area contributed by atoms with E-state index in [4.69, 9.17) is 30.7 Å². The van der Waals surface area contributed by atoms with Gasteiger partial charge in [0.2, 0.25) is 0 Å². The zero-order valence-electron chi connectivity index (χ0n) is 17.5. The van der Waals surface area contributed by atoms with Crippen LogP contribution in [0.1, 0.15) is 19.3 Å². The average Bonchev–Trinajstić information content (AvgIpc) is 3.13. The Hall–Kier alpha value is -3.17. The lowest BCUT2D eigenvalue weighted by atomic mass is 10.1. The summed E-state index contributed by atoms with van der Waals surface area (Å²) in [6.45, 7) is 3.55. The summed E-state index contributed by atoms with van der Waals surface area (Å²) in [5.74, 6) is 0.751. The van der Waals surface area contributed by atoms with Crippen molar-refractivity contribution in [3.63, 3.8) is 0 Å². The van der Waals surface area contributed by atoms with Crippen LogP contribution in [0.2, 0.25) is 0 Å². The van der Waals surface area contributed by atoms with Gasteiger partial charge in [0.1, 0.15) is 19.0 Å². The number of aliphatic hydroxyl groups excluding tert-OH is 1. The van der Waals surface area contributed by atoms with Crippen LogP contribution in [0, 0.1) is 5.41 Å². The first kappa shape index (κ1) is 21.1. The fourth-order valence-electron chi connectivity index (χ4n) is 3.70. The molecule has 1 saturated heterocycles. The molecule has 0 radical (unpaired) electrons. The fourth-order valence-corrected chi connectivity index (χ4v) is 3.70. The van der Waals surface area contributed by atoms with Gasteiger partial charge in [0.15, 0.2) is 5.69 Å². The number of nitrogens with two attached hydrogens (primary N) is 1. The molecule has 0 bridgehead atoms. The van der Waals surface area contributed by atoms with Crippen molar-refractivity contribution in [2.24, 2.45) is 10.7 Å². The Kier molecular flexibility index (Phi) is 6.63. The molecule has 4 N–H and O–H groups in total. The van der Waals surface area contributed by atoms with Gasteiger partial charge in [0, 0.05) is 18.8 Å². The summed E-state index contributed by atoms with van der Waals surface area (Å²) in [5.41, 5.74) is 8.47. The topological polar surface area (TPSA) is 121 Å². The van der Waals surface area contributed by atoms with Crippen molar-refractivity contribution in [3.8, 4) is 5.88 Å². The van der Waals surface area contributed by atoms with Crippen LogP contribution >= 0.6 is 0 Å². The monoisotopic (exact) mass is 424 g/mol. The van der Waals surface area contributed by atoms with Crippen LogP contribution in [0.3, 0.4) is 0 Å². The van der Waals surface area contributed by atoms with Crippen molar-refractivity contribution >= 4 is 22.6 Å². The molecule has 0 atom stereocenters. The fraction of sp³-hybridized carbons (Fsp3) is 0.409. The molecular formula is C22H28N6O3. The Bertz CT molecular complexity index is 1030. The average molecular weight is 425 g/mol. The number of nitrogens with zero attached hydrogens (tertiary/aromatic N) is 4. The smallest absolute Gasteiger partial charge is 0.260 e. The van der Waals surface area contributed by atoms with Gasteiger partial charge in [-0.2, -0.15) is 0 Å². The van der Waals surface area contributed by atoms with E-state index in [-0.39, 0.29) is 18.9 Å². The molecule has 4 rings (SSSR count). The lowest BCUT2D eigenvalue weighted by Crippen LogP contribution is -2.33. The number of aliphatic hydroxyl groups is 1. The van der Waals surface area contributed by atoms with Gasteiger partial charge in [0.25, 0.3) is 5.88 Å². The molecule has 164 valence electrons. The first-order valence-corrected chi connectivity index (χ1v) is 10.6. The van der Waals surface area contributed by atoms with E-state index >= 15 is 0 Å². The number of hydrogen-bond donors (Lipinski definition) is 3. The number of ether oxygens (including phenoxy) is 2. The Balaban J connectivity index is 1.61. The van der Waals surface area contributed by atoms with Gasteiger partial charge in [-0.1, -0.05) is 12.5 Å². The lowest BCUT2D eigenvalue weighted by molar-refractivity contribution is 0.156. The molecule has 3 heterocycles. The van der Waals surface area contributed by atoms with Crippen molar-refractivity contribution < 1.29 is 14.6 Å². The molecule has 9 heteroatoms. The van der Waals surface area contributed by atoms with Gasteiger partial charge in [-0.15, -0.1) is 5.10 Å². The number of aromatic nitrogens is 2. The van der Waals surface area contributed by atoms with Crippen LogP contribution in [-0.4, -0.2) is 70.5 Å². The maximum absolute atomic E-state index is 9.02. The zero-order valence-corrected chi connectivity index (χ0v) is 17.5. The molecule has 2 aromatic heterocycles. The summed E-state index contributed by atoms with van der Waals surface area (Å²) < 4.78 is 13.2. The summed E-state index contributed by atoms with van der Waals surface area (Å²) in [7, 11) is 0. The number of likely N-dealkylation sites (tertiary alicyclic amines) is 1. The molecule has 2 aliphatic rings. The first-order valence-electron chi connectivity index (χ1n) is 10.6. The van der Waals surface area contributed by atoms with Crippen LogP contribution in [0.25, 0.3) is 5.52 Å². The Morgan fingerprint density at radius 1 is 1.13 bits per heavy atom. The van der Waals surface area contributed by atoms with E-state index in [0.717, 1.165) is 25.2 Å². The third-order valence-electron chi connectivity index (χ3n) is 5.29. The van der Waals surface area contributed by atoms with E-state index in [2.05, 4.69) is 10.00 Å². The third-order valence-corrected chi connectivity index (χ3v) is 5.29. The quantitative estimate of drug-likeness (QED) is 0.558. The highest BCUT2D eigenvalue weighted by atomic mass is 16.5. The van der Waals surface area contributed by atoms with E-state index in [1.165, 1.54) is 25.3 Å². The molecule has 1 fully saturated rings. The van der Waals surface area contributed by atoms with Crippen molar-refractivity contribution in [2.75, 3.05) is 39.5 Å². The predicted molar refractivity (Wildman–Crippen MR) is 119 cm³/mol. The number of rotatable bonds is 8. The Morgan fingerprint density at radius 2 is 1.97 bits per heavy atom. The van der Waals surface area contributed by atoms with Crippen molar-refractivity contribution in [1.29, 1.82) is 5.41 Å². The maximum atomic E-state index is 9.02. The van der Waals surface area contributed by atoms with Gasteiger partial charge in [0.05, 0.1) is 29.2 Å². The van der Waals surface area contributed by atoms with Gasteiger partial charge in [-0.05, 0) is 44.1 Å². The number of piperidine rings is 1. The standard InChI is InChI=1S/C22H28N6O3/c23-16-14-17(24)20(30-13-11-29)15-18(16)25-21-19-6-2-5-9-28(19)26-22(21)31-12-10-27-7-3-1-4-8-27/h2,5-6,9,14-15,24,29H,1,3-4,7-8,10-13,23H2/b24-17?,25-18+. The minimum atomic E-state index is -0.140. The van der Waals surface area contributed by atoms with Crippen molar-refractivity contribution in [1.82, 2.24) is 14.5 Å². The minimum absolute atomic E-state index is 0.0941. The number of aliphatic imine (C=N–C) groups is 1. The molecule has 0 amide bonds. The van der Waals surface area contributed by atoms with E-state index in [0.29, 0.717) is 35.3 Å². The van der Waals surface area contributed by atoms with Crippen LogP contribution in [0.4, 0.5) is 5.69 Å². The largest absolute Gasteiger partial charge is 0.489 e. The molecule has 1 aliphatic carbocycles. The normalized spacial score (nSPS) is 18.9. The van der Waals surface area contributed by atoms with Gasteiger partial charge in [-0.3, -0.25) is 10.3 Å². The molecule has 2 aromatic rings. The number of hydrogen-bond acceptors (Lipinski definition) is 8. The second kappa shape index (κ2) is 9.76. The first-order chi connectivity index (χ1) is 15.2. The maximum Gasteiger partial charge on any atom is 0.260 e. The van der Waals surface area contributed by atoms with Crippen LogP contribution in [0.5, 0.6) is 5.88 Å². The Morgan fingerprint density at radius 3 is 2.77 bits per heavy atom. The molecule has 1 aliphatic heterocycles. The highest BCUT2D eigenvalue weighted by Gasteiger charge is 2.19. The van der Waals surface area contributed by atoms with Gasteiger partial charge >= 0.3 is 0 Å². The zero-order chi connectivity index (χ0) is 21.6. The van der Waals surface area contributed by atoms with Crippen LogP contribution < -0.4 is 10.5 Å². The molecular weight excluding hydrogens is 396 g/mol. The molecule has 0 spiro atoms. The molecule has 9 nitrogen and oxygen atoms in total. The number of pyridine rings is 1. The summed E-state index contributed by atoms with van der Waals surface area (Å²) in [4.78, 5) is 7.14. The van der Waals surface area contributed by atoms with E-state index < -0.39 is 0 Å². The highest BCUT2D eigenvalue weighted by Crippen LogP contribution is 2.33. The van der Waals surface area contributed by atoms with Crippen LogP contribution in [-0.2, 0) is 4.74 Å². The lowest BCUT2D eigenvalue weighted by Gasteiger charge is -2.25. The predicted octanol–water partition coefficient (Wildman–Crippen LogP) is 2.04. The summed E-state index contributed by atoms with van der Waals surface area (Å²) in [5, 5.41) is 21.6.